The third-order valence-corrected chi connectivity index (χ3v) is 2.98. The Morgan fingerprint density at radius 1 is 1.45 bits per heavy atom. The molecule has 1 rings (SSSR count). The summed E-state index contributed by atoms with van der Waals surface area (Å²) >= 11 is 0. The lowest BCUT2D eigenvalue weighted by Crippen LogP contribution is -2.31. The van der Waals surface area contributed by atoms with Crippen molar-refractivity contribution >= 4 is 17.7 Å². The number of nitro groups is 1. The summed E-state index contributed by atoms with van der Waals surface area (Å²) in [6.07, 6.45) is 1.10. The van der Waals surface area contributed by atoms with Gasteiger partial charge in [0, 0.05) is 24.9 Å². The summed E-state index contributed by atoms with van der Waals surface area (Å²) in [7, 11) is 0. The zero-order valence-corrected chi connectivity index (χ0v) is 12.1. The van der Waals surface area contributed by atoms with Gasteiger partial charge in [-0.05, 0) is 31.6 Å². The number of carbonyl (C=O) groups is 1. The third-order valence-electron chi connectivity index (χ3n) is 2.98. The number of nitriles is 1. The predicted octanol–water partition coefficient (Wildman–Crippen LogP) is 1.15. The molecule has 0 bridgehead atoms. The number of aromatic hydroxyl groups is 1. The van der Waals surface area contributed by atoms with Crippen LogP contribution in [0.4, 0.5) is 5.69 Å². The van der Waals surface area contributed by atoms with E-state index in [2.05, 4.69) is 0 Å². The fourth-order valence-corrected chi connectivity index (χ4v) is 1.83. The van der Waals surface area contributed by atoms with Crippen LogP contribution in [0.3, 0.4) is 0 Å². The number of amides is 1. The molecule has 0 radical (unpaired) electrons. The molecule has 0 aliphatic rings. The van der Waals surface area contributed by atoms with Crippen LogP contribution in [0.2, 0.25) is 0 Å². The van der Waals surface area contributed by atoms with E-state index in [1.807, 2.05) is 0 Å². The molecule has 0 aliphatic heterocycles. The summed E-state index contributed by atoms with van der Waals surface area (Å²) in [6.45, 7) is 4.30. The molecular weight excluding hydrogens is 290 g/mol. The summed E-state index contributed by atoms with van der Waals surface area (Å²) in [5.74, 6) is -2.45. The van der Waals surface area contributed by atoms with Gasteiger partial charge in [0.15, 0.2) is 0 Å². The van der Waals surface area contributed by atoms with Gasteiger partial charge in [-0.3, -0.25) is 14.9 Å². The van der Waals surface area contributed by atoms with E-state index >= 15 is 0 Å². The maximum absolute atomic E-state index is 12.1. The maximum atomic E-state index is 12.1. The Balaban J connectivity index is 3.33. The summed E-state index contributed by atoms with van der Waals surface area (Å²) in [4.78, 5) is 23.3. The monoisotopic (exact) mass is 304 g/mol. The first-order chi connectivity index (χ1) is 10.3. The molecule has 22 heavy (non-hydrogen) atoms. The average Bonchev–Trinajstić information content (AvgIpc) is 2.48. The highest BCUT2D eigenvalue weighted by atomic mass is 16.6. The standard InChI is InChI=1S/C14H15N3O5/c1-3-16(4-2)14(20)10(8-15)5-9-6-11(17(21)22)13(19)12(18)7-9/h5-7,18-19H,3-4H2,1-2H3/p-1/b10-5+. The number of hydrogen-bond donors (Lipinski definition) is 1. The predicted molar refractivity (Wildman–Crippen MR) is 75.7 cm³/mol. The first kappa shape index (κ1) is 17.0. The van der Waals surface area contributed by atoms with Crippen LogP contribution in [0.5, 0.6) is 11.5 Å². The van der Waals surface area contributed by atoms with Crippen LogP contribution >= 0.6 is 0 Å². The number of likely N-dealkylation sites (N-methyl/N-ethyl adjacent to an activating group) is 1. The van der Waals surface area contributed by atoms with Crippen molar-refractivity contribution in [1.82, 2.24) is 4.90 Å². The number of nitrogens with zero attached hydrogens (tertiary/aromatic N) is 3. The maximum Gasteiger partial charge on any atom is 0.266 e. The molecule has 0 unspecified atom stereocenters. The summed E-state index contributed by atoms with van der Waals surface area (Å²) < 4.78 is 0. The van der Waals surface area contributed by atoms with Crippen LogP contribution in [-0.2, 0) is 4.79 Å². The Morgan fingerprint density at radius 3 is 2.50 bits per heavy atom. The quantitative estimate of drug-likeness (QED) is 0.376. The van der Waals surface area contributed by atoms with E-state index in [1.165, 1.54) is 4.90 Å². The Morgan fingerprint density at radius 2 is 2.05 bits per heavy atom. The number of rotatable bonds is 5. The highest BCUT2D eigenvalue weighted by Gasteiger charge is 2.17. The highest BCUT2D eigenvalue weighted by molar-refractivity contribution is 6.01. The van der Waals surface area contributed by atoms with E-state index in [0.29, 0.717) is 13.1 Å². The van der Waals surface area contributed by atoms with Crippen molar-refractivity contribution in [3.63, 3.8) is 0 Å². The van der Waals surface area contributed by atoms with Crippen LogP contribution in [0.1, 0.15) is 19.4 Å². The molecule has 8 heteroatoms. The lowest BCUT2D eigenvalue weighted by atomic mass is 10.1. The molecule has 116 valence electrons. The van der Waals surface area contributed by atoms with E-state index in [1.54, 1.807) is 19.9 Å². The fraction of sp³-hybridized carbons (Fsp3) is 0.286. The fourth-order valence-electron chi connectivity index (χ4n) is 1.83. The molecule has 8 nitrogen and oxygen atoms in total. The van der Waals surface area contributed by atoms with Gasteiger partial charge in [0.05, 0.1) is 4.92 Å². The van der Waals surface area contributed by atoms with Crippen molar-refractivity contribution in [2.24, 2.45) is 0 Å². The third kappa shape index (κ3) is 3.52. The van der Waals surface area contributed by atoms with Crippen LogP contribution in [0.25, 0.3) is 6.08 Å². The molecule has 0 heterocycles. The van der Waals surface area contributed by atoms with Gasteiger partial charge in [0.25, 0.3) is 11.6 Å². The molecule has 1 aromatic carbocycles. The van der Waals surface area contributed by atoms with Crippen LogP contribution in [0.15, 0.2) is 17.7 Å². The van der Waals surface area contributed by atoms with Crippen LogP contribution in [0, 0.1) is 21.4 Å². The molecule has 0 saturated carbocycles. The number of benzene rings is 1. The first-order valence-corrected chi connectivity index (χ1v) is 6.45. The smallest absolute Gasteiger partial charge is 0.266 e. The highest BCUT2D eigenvalue weighted by Crippen LogP contribution is 2.34. The summed E-state index contributed by atoms with van der Waals surface area (Å²) in [6, 6.07) is 3.61. The topological polar surface area (TPSA) is 131 Å². The van der Waals surface area contributed by atoms with Gasteiger partial charge in [-0.1, -0.05) is 0 Å². The molecule has 1 aromatic rings. The second kappa shape index (κ2) is 7.08. The Hall–Kier alpha value is -3.08. The number of nitro benzene ring substituents is 1. The first-order valence-electron chi connectivity index (χ1n) is 6.45. The van der Waals surface area contributed by atoms with Crippen molar-refractivity contribution in [3.05, 3.63) is 33.4 Å². The van der Waals surface area contributed by atoms with Gasteiger partial charge in [-0.2, -0.15) is 5.26 Å². The summed E-state index contributed by atoms with van der Waals surface area (Å²) in [5.41, 5.74) is -1.03. The minimum atomic E-state index is -1.12. The van der Waals surface area contributed by atoms with Crippen molar-refractivity contribution < 1.29 is 19.9 Å². The molecule has 1 N–H and O–H groups in total. The van der Waals surface area contributed by atoms with E-state index < -0.39 is 28.0 Å². The molecule has 0 spiro atoms. The van der Waals surface area contributed by atoms with E-state index in [0.717, 1.165) is 18.2 Å². The number of hydrogen-bond acceptors (Lipinski definition) is 6. The van der Waals surface area contributed by atoms with Crippen molar-refractivity contribution in [2.75, 3.05) is 13.1 Å². The zero-order chi connectivity index (χ0) is 16.9. The second-order valence-electron chi connectivity index (χ2n) is 4.29. The molecule has 0 saturated heterocycles. The van der Waals surface area contributed by atoms with Crippen molar-refractivity contribution in [1.29, 1.82) is 5.26 Å². The van der Waals surface area contributed by atoms with Crippen LogP contribution in [-0.4, -0.2) is 33.9 Å². The van der Waals surface area contributed by atoms with E-state index in [4.69, 9.17) is 5.26 Å². The number of carbonyl (C=O) groups excluding carboxylic acids is 1. The molecule has 1 amide bonds. The Kier molecular flexibility index (Phi) is 5.46. The van der Waals surface area contributed by atoms with Gasteiger partial charge in [-0.15, -0.1) is 0 Å². The normalized spacial score (nSPS) is 10.9. The second-order valence-corrected chi connectivity index (χ2v) is 4.29. The van der Waals surface area contributed by atoms with Gasteiger partial charge in [0.2, 0.25) is 0 Å². The minimum absolute atomic E-state index is 0.0286. The van der Waals surface area contributed by atoms with E-state index in [-0.39, 0.29) is 11.1 Å². The van der Waals surface area contributed by atoms with Gasteiger partial charge in [-0.25, -0.2) is 0 Å². The van der Waals surface area contributed by atoms with Crippen molar-refractivity contribution in [2.45, 2.75) is 13.8 Å². The zero-order valence-electron chi connectivity index (χ0n) is 12.1. The SMILES string of the molecule is CCN(CC)C(=O)/C(C#N)=C/c1cc(O)c([O-])c([N+](=O)[O-])c1. The van der Waals surface area contributed by atoms with Gasteiger partial charge < -0.3 is 15.1 Å². The number of phenolic OH excluding ortho intramolecular Hbond substituents is 1. The van der Waals surface area contributed by atoms with Crippen LogP contribution < -0.4 is 5.11 Å². The summed E-state index contributed by atoms with van der Waals surface area (Å²) in [5, 5.41) is 40.7. The lowest BCUT2D eigenvalue weighted by molar-refractivity contribution is -0.398. The van der Waals surface area contributed by atoms with Gasteiger partial charge >= 0.3 is 0 Å². The Labute approximate surface area is 126 Å². The molecule has 0 atom stereocenters. The largest absolute Gasteiger partial charge is 0.865 e. The average molecular weight is 304 g/mol. The molecule has 0 aromatic heterocycles. The number of phenols is 1. The molecule has 0 fully saturated rings. The minimum Gasteiger partial charge on any atom is -0.865 e. The van der Waals surface area contributed by atoms with E-state index in [9.17, 15) is 25.1 Å². The Bertz CT molecular complexity index is 672. The van der Waals surface area contributed by atoms with Gasteiger partial charge in [0.1, 0.15) is 17.4 Å². The lowest BCUT2D eigenvalue weighted by Gasteiger charge is -2.17. The molecular formula is C14H14N3O5-. The molecule has 0 aliphatic carbocycles. The van der Waals surface area contributed by atoms with Crippen molar-refractivity contribution in [3.8, 4) is 17.6 Å².